The van der Waals surface area contributed by atoms with Gasteiger partial charge in [0.15, 0.2) is 0 Å². The summed E-state index contributed by atoms with van der Waals surface area (Å²) in [7, 11) is 0. The van der Waals surface area contributed by atoms with Gasteiger partial charge in [-0.3, -0.25) is 4.79 Å². The molecule has 3 rings (SSSR count). The minimum Gasteiger partial charge on any atom is -0.324 e. The first kappa shape index (κ1) is 12.9. The molecule has 0 saturated heterocycles. The van der Waals surface area contributed by atoms with Crippen molar-refractivity contribution in [3.8, 4) is 0 Å². The summed E-state index contributed by atoms with van der Waals surface area (Å²) in [6.07, 6.45) is 8.91. The van der Waals surface area contributed by atoms with Crippen LogP contribution in [0, 0.1) is 18.3 Å². The molecule has 1 spiro atoms. The molecule has 2 saturated carbocycles. The molecule has 0 bridgehead atoms. The Labute approximate surface area is 118 Å². The third kappa shape index (κ3) is 2.76. The van der Waals surface area contributed by atoms with E-state index in [0.29, 0.717) is 10.6 Å². The van der Waals surface area contributed by atoms with E-state index >= 15 is 0 Å². The number of halogens is 1. The Hall–Kier alpha value is -1.09. The topological polar surface area (TPSA) is 42.0 Å². The first-order valence-corrected chi connectivity index (χ1v) is 7.39. The number of anilines is 1. The van der Waals surface area contributed by atoms with E-state index in [0.717, 1.165) is 24.1 Å². The van der Waals surface area contributed by atoms with E-state index in [9.17, 15) is 4.79 Å². The number of rotatable bonds is 2. The van der Waals surface area contributed by atoms with Gasteiger partial charge in [0, 0.05) is 5.92 Å². The van der Waals surface area contributed by atoms with E-state index in [-0.39, 0.29) is 11.8 Å². The van der Waals surface area contributed by atoms with Crippen molar-refractivity contribution in [2.75, 3.05) is 5.32 Å². The van der Waals surface area contributed by atoms with E-state index in [2.05, 4.69) is 10.3 Å². The fraction of sp³-hybridized carbons (Fsp3) is 0.600. The summed E-state index contributed by atoms with van der Waals surface area (Å²) in [6, 6.07) is 1.78. The van der Waals surface area contributed by atoms with Crippen LogP contribution in [0.1, 0.15) is 44.1 Å². The second-order valence-electron chi connectivity index (χ2n) is 6.09. The average Bonchev–Trinajstić information content (AvgIpc) is 3.13. The standard InChI is InChI=1S/C15H19ClN2O/c1-10-8-13(16)17-9-12(10)18-14(19)11-2-4-15(5-3-11)6-7-15/h8-9,11H,2-7H2,1H3,(H,18,19). The van der Waals surface area contributed by atoms with Gasteiger partial charge in [-0.2, -0.15) is 0 Å². The van der Waals surface area contributed by atoms with Crippen molar-refractivity contribution in [1.29, 1.82) is 0 Å². The highest BCUT2D eigenvalue weighted by Gasteiger charge is 2.45. The molecule has 0 aromatic carbocycles. The van der Waals surface area contributed by atoms with Crippen LogP contribution in [0.3, 0.4) is 0 Å². The van der Waals surface area contributed by atoms with E-state index in [1.54, 1.807) is 12.3 Å². The number of nitrogens with one attached hydrogen (secondary N) is 1. The van der Waals surface area contributed by atoms with Crippen molar-refractivity contribution in [3.05, 3.63) is 23.0 Å². The first-order valence-electron chi connectivity index (χ1n) is 7.01. The van der Waals surface area contributed by atoms with Crippen molar-refractivity contribution in [2.45, 2.75) is 45.4 Å². The zero-order valence-electron chi connectivity index (χ0n) is 11.2. The summed E-state index contributed by atoms with van der Waals surface area (Å²) in [6.45, 7) is 1.93. The fourth-order valence-electron chi connectivity index (χ4n) is 3.06. The smallest absolute Gasteiger partial charge is 0.227 e. The van der Waals surface area contributed by atoms with Crippen LogP contribution < -0.4 is 5.32 Å². The Bertz CT molecular complexity index is 501. The molecule has 0 radical (unpaired) electrons. The Morgan fingerprint density at radius 3 is 2.63 bits per heavy atom. The molecule has 1 amide bonds. The summed E-state index contributed by atoms with van der Waals surface area (Å²) >= 11 is 5.82. The average molecular weight is 279 g/mol. The van der Waals surface area contributed by atoms with Gasteiger partial charge in [0.05, 0.1) is 11.9 Å². The molecule has 0 aliphatic heterocycles. The molecule has 0 atom stereocenters. The van der Waals surface area contributed by atoms with Crippen LogP contribution in [-0.4, -0.2) is 10.9 Å². The predicted octanol–water partition coefficient (Wildman–Crippen LogP) is 3.95. The maximum atomic E-state index is 12.3. The normalized spacial score (nSPS) is 21.4. The van der Waals surface area contributed by atoms with Gasteiger partial charge >= 0.3 is 0 Å². The van der Waals surface area contributed by atoms with E-state index in [1.807, 2.05) is 6.92 Å². The lowest BCUT2D eigenvalue weighted by Gasteiger charge is -2.27. The molecule has 0 unspecified atom stereocenters. The second-order valence-corrected chi connectivity index (χ2v) is 6.47. The van der Waals surface area contributed by atoms with Crippen molar-refractivity contribution >= 4 is 23.2 Å². The minimum absolute atomic E-state index is 0.141. The van der Waals surface area contributed by atoms with Crippen LogP contribution in [0.4, 0.5) is 5.69 Å². The molecular formula is C15H19ClN2O. The van der Waals surface area contributed by atoms with E-state index in [1.165, 1.54) is 25.7 Å². The molecular weight excluding hydrogens is 260 g/mol. The summed E-state index contributed by atoms with van der Waals surface area (Å²) in [5.41, 5.74) is 2.37. The van der Waals surface area contributed by atoms with Gasteiger partial charge in [0.25, 0.3) is 0 Å². The highest BCUT2D eigenvalue weighted by molar-refractivity contribution is 6.29. The van der Waals surface area contributed by atoms with Crippen LogP contribution >= 0.6 is 11.6 Å². The lowest BCUT2D eigenvalue weighted by atomic mass is 9.79. The van der Waals surface area contributed by atoms with Gasteiger partial charge < -0.3 is 5.32 Å². The number of amides is 1. The predicted molar refractivity (Wildman–Crippen MR) is 76.2 cm³/mol. The summed E-state index contributed by atoms with van der Waals surface area (Å²) < 4.78 is 0. The molecule has 1 aromatic rings. The van der Waals surface area contributed by atoms with Crippen LogP contribution in [0.15, 0.2) is 12.3 Å². The van der Waals surface area contributed by atoms with Gasteiger partial charge in [-0.05, 0) is 62.5 Å². The lowest BCUT2D eigenvalue weighted by Crippen LogP contribution is -2.28. The molecule has 19 heavy (non-hydrogen) atoms. The number of hydrogen-bond acceptors (Lipinski definition) is 2. The maximum Gasteiger partial charge on any atom is 0.227 e. The molecule has 1 N–H and O–H groups in total. The first-order chi connectivity index (χ1) is 9.08. The van der Waals surface area contributed by atoms with Gasteiger partial charge in [0.1, 0.15) is 5.15 Å². The molecule has 102 valence electrons. The van der Waals surface area contributed by atoms with Crippen molar-refractivity contribution in [1.82, 2.24) is 4.98 Å². The quantitative estimate of drug-likeness (QED) is 0.832. The van der Waals surface area contributed by atoms with E-state index in [4.69, 9.17) is 11.6 Å². The maximum absolute atomic E-state index is 12.3. The summed E-state index contributed by atoms with van der Waals surface area (Å²) in [4.78, 5) is 16.3. The fourth-order valence-corrected chi connectivity index (χ4v) is 3.27. The molecule has 2 aliphatic rings. The summed E-state index contributed by atoms with van der Waals surface area (Å²) in [5.74, 6) is 0.309. The molecule has 2 fully saturated rings. The molecule has 2 aliphatic carbocycles. The van der Waals surface area contributed by atoms with Gasteiger partial charge in [-0.1, -0.05) is 11.6 Å². The largest absolute Gasteiger partial charge is 0.324 e. The number of aromatic nitrogens is 1. The monoisotopic (exact) mass is 278 g/mol. The second kappa shape index (κ2) is 4.78. The van der Waals surface area contributed by atoms with E-state index < -0.39 is 0 Å². The van der Waals surface area contributed by atoms with Crippen LogP contribution in [0.25, 0.3) is 0 Å². The van der Waals surface area contributed by atoms with Gasteiger partial charge in [-0.15, -0.1) is 0 Å². The SMILES string of the molecule is Cc1cc(Cl)ncc1NC(=O)C1CCC2(CC1)CC2. The number of hydrogen-bond donors (Lipinski definition) is 1. The van der Waals surface area contributed by atoms with Crippen LogP contribution in [-0.2, 0) is 4.79 Å². The molecule has 3 nitrogen and oxygen atoms in total. The Kier molecular flexibility index (Phi) is 3.25. The number of pyridine rings is 1. The van der Waals surface area contributed by atoms with Gasteiger partial charge in [-0.25, -0.2) is 4.98 Å². The number of aryl methyl sites for hydroxylation is 1. The minimum atomic E-state index is 0.141. The van der Waals surface area contributed by atoms with Gasteiger partial charge in [0.2, 0.25) is 5.91 Å². The number of nitrogens with zero attached hydrogens (tertiary/aromatic N) is 1. The summed E-state index contributed by atoms with van der Waals surface area (Å²) in [5, 5.41) is 3.46. The Morgan fingerprint density at radius 2 is 2.05 bits per heavy atom. The third-order valence-electron chi connectivity index (χ3n) is 4.71. The lowest BCUT2D eigenvalue weighted by molar-refractivity contribution is -0.121. The number of carbonyl (C=O) groups excluding carboxylic acids is 1. The Morgan fingerprint density at radius 1 is 1.37 bits per heavy atom. The number of carbonyl (C=O) groups is 1. The Balaban J connectivity index is 1.61. The van der Waals surface area contributed by atoms with Crippen LogP contribution in [0.2, 0.25) is 5.15 Å². The zero-order chi connectivity index (χ0) is 13.5. The molecule has 4 heteroatoms. The highest BCUT2D eigenvalue weighted by Crippen LogP contribution is 2.57. The van der Waals surface area contributed by atoms with Crippen molar-refractivity contribution in [2.24, 2.45) is 11.3 Å². The van der Waals surface area contributed by atoms with Crippen LogP contribution in [0.5, 0.6) is 0 Å². The van der Waals surface area contributed by atoms with Crippen molar-refractivity contribution < 1.29 is 4.79 Å². The highest BCUT2D eigenvalue weighted by atomic mass is 35.5. The molecule has 1 aromatic heterocycles. The van der Waals surface area contributed by atoms with Crippen molar-refractivity contribution in [3.63, 3.8) is 0 Å². The molecule has 1 heterocycles. The third-order valence-corrected chi connectivity index (χ3v) is 4.92. The zero-order valence-corrected chi connectivity index (χ0v) is 12.0.